The number of nitrogens with zero attached hydrogens (tertiary/aromatic N) is 1. The Kier molecular flexibility index (Phi) is 4.13. The van der Waals surface area contributed by atoms with Crippen molar-refractivity contribution in [1.82, 2.24) is 5.32 Å². The molecule has 0 aliphatic heterocycles. The second-order valence-electron chi connectivity index (χ2n) is 3.19. The average Bonchev–Trinajstić information content (AvgIpc) is 2.91. The maximum absolute atomic E-state index is 9.10. The highest BCUT2D eigenvalue weighted by Crippen LogP contribution is 2.25. The largest absolute Gasteiger partial charge is 0.293 e. The monoisotopic (exact) mass is 312 g/mol. The van der Waals surface area contributed by atoms with Crippen LogP contribution in [0.3, 0.4) is 0 Å². The number of thiophene rings is 2. The lowest BCUT2D eigenvalue weighted by Gasteiger charge is -2.07. The van der Waals surface area contributed by atoms with Gasteiger partial charge in [-0.2, -0.15) is 5.26 Å². The molecule has 0 spiro atoms. The van der Waals surface area contributed by atoms with Gasteiger partial charge in [-0.05, 0) is 33.4 Å². The van der Waals surface area contributed by atoms with Gasteiger partial charge in [0.2, 0.25) is 0 Å². The minimum atomic E-state index is -0.224. The Hall–Kier alpha value is -0.670. The fourth-order valence-corrected chi connectivity index (χ4v) is 3.42. The summed E-state index contributed by atoms with van der Waals surface area (Å²) in [4.78, 5) is 2.29. The SMILES string of the molecule is N#CC(NCc1cccs1)c1cc(Br)cs1. The predicted octanol–water partition coefficient (Wildman–Crippen LogP) is 3.93. The van der Waals surface area contributed by atoms with Crippen molar-refractivity contribution in [2.45, 2.75) is 12.6 Å². The van der Waals surface area contributed by atoms with Gasteiger partial charge in [0.05, 0.1) is 6.07 Å². The van der Waals surface area contributed by atoms with E-state index in [0.29, 0.717) is 0 Å². The van der Waals surface area contributed by atoms with Gasteiger partial charge >= 0.3 is 0 Å². The smallest absolute Gasteiger partial charge is 0.130 e. The Morgan fingerprint density at radius 1 is 1.50 bits per heavy atom. The molecule has 2 nitrogen and oxygen atoms in total. The second-order valence-corrected chi connectivity index (χ2v) is 6.08. The highest BCUT2D eigenvalue weighted by Gasteiger charge is 2.12. The van der Waals surface area contributed by atoms with Crippen LogP contribution < -0.4 is 5.32 Å². The topological polar surface area (TPSA) is 35.8 Å². The van der Waals surface area contributed by atoms with E-state index in [4.69, 9.17) is 5.26 Å². The van der Waals surface area contributed by atoms with Gasteiger partial charge in [0, 0.05) is 26.2 Å². The van der Waals surface area contributed by atoms with Crippen LogP contribution in [-0.4, -0.2) is 0 Å². The van der Waals surface area contributed by atoms with E-state index in [0.717, 1.165) is 15.9 Å². The molecule has 5 heteroatoms. The summed E-state index contributed by atoms with van der Waals surface area (Å²) in [6.07, 6.45) is 0. The van der Waals surface area contributed by atoms with Crippen LogP contribution in [0.2, 0.25) is 0 Å². The van der Waals surface area contributed by atoms with E-state index in [1.54, 1.807) is 22.7 Å². The molecule has 1 atom stereocenters. The fraction of sp³-hybridized carbons (Fsp3) is 0.182. The van der Waals surface area contributed by atoms with Crippen LogP contribution in [0, 0.1) is 11.3 Å². The van der Waals surface area contributed by atoms with Crippen molar-refractivity contribution in [3.05, 3.63) is 43.2 Å². The third-order valence-electron chi connectivity index (χ3n) is 2.06. The van der Waals surface area contributed by atoms with E-state index in [1.807, 2.05) is 22.9 Å². The summed E-state index contributed by atoms with van der Waals surface area (Å²) < 4.78 is 1.03. The van der Waals surface area contributed by atoms with Crippen molar-refractivity contribution in [2.75, 3.05) is 0 Å². The Morgan fingerprint density at radius 3 is 2.94 bits per heavy atom. The first-order valence-corrected chi connectivity index (χ1v) is 7.24. The molecule has 1 N–H and O–H groups in total. The van der Waals surface area contributed by atoms with Crippen molar-refractivity contribution in [3.63, 3.8) is 0 Å². The van der Waals surface area contributed by atoms with E-state index in [-0.39, 0.29) is 6.04 Å². The first-order chi connectivity index (χ1) is 7.79. The molecule has 0 fully saturated rings. The van der Waals surface area contributed by atoms with Crippen LogP contribution in [0.1, 0.15) is 15.8 Å². The molecule has 16 heavy (non-hydrogen) atoms. The highest BCUT2D eigenvalue weighted by molar-refractivity contribution is 9.10. The van der Waals surface area contributed by atoms with Gasteiger partial charge in [0.1, 0.15) is 6.04 Å². The van der Waals surface area contributed by atoms with Gasteiger partial charge in [-0.1, -0.05) is 6.07 Å². The summed E-state index contributed by atoms with van der Waals surface area (Å²) in [5.41, 5.74) is 0. The minimum absolute atomic E-state index is 0.224. The van der Waals surface area contributed by atoms with E-state index >= 15 is 0 Å². The zero-order chi connectivity index (χ0) is 11.4. The van der Waals surface area contributed by atoms with Crippen molar-refractivity contribution < 1.29 is 0 Å². The van der Waals surface area contributed by atoms with Gasteiger partial charge in [-0.25, -0.2) is 0 Å². The number of rotatable bonds is 4. The average molecular weight is 313 g/mol. The zero-order valence-corrected chi connectivity index (χ0v) is 11.5. The molecule has 0 amide bonds. The molecule has 2 rings (SSSR count). The zero-order valence-electron chi connectivity index (χ0n) is 8.31. The molecule has 0 bridgehead atoms. The van der Waals surface area contributed by atoms with Gasteiger partial charge < -0.3 is 0 Å². The van der Waals surface area contributed by atoms with E-state index in [9.17, 15) is 0 Å². The summed E-state index contributed by atoms with van der Waals surface area (Å²) in [7, 11) is 0. The lowest BCUT2D eigenvalue weighted by molar-refractivity contribution is 0.644. The number of nitriles is 1. The van der Waals surface area contributed by atoms with Crippen LogP contribution in [0.4, 0.5) is 0 Å². The summed E-state index contributed by atoms with van der Waals surface area (Å²) in [6.45, 7) is 0.741. The molecule has 0 aliphatic rings. The van der Waals surface area contributed by atoms with Crippen LogP contribution in [0.5, 0.6) is 0 Å². The first kappa shape index (κ1) is 11.8. The predicted molar refractivity (Wildman–Crippen MR) is 71.5 cm³/mol. The molecular formula is C11H9BrN2S2. The Bertz CT molecular complexity index is 484. The maximum Gasteiger partial charge on any atom is 0.130 e. The third-order valence-corrected chi connectivity index (χ3v) is 4.70. The second kappa shape index (κ2) is 5.60. The van der Waals surface area contributed by atoms with Crippen LogP contribution in [0.25, 0.3) is 0 Å². The molecule has 82 valence electrons. The third kappa shape index (κ3) is 2.92. The van der Waals surface area contributed by atoms with Crippen LogP contribution in [-0.2, 0) is 6.54 Å². The number of halogens is 1. The highest BCUT2D eigenvalue weighted by atomic mass is 79.9. The molecule has 0 radical (unpaired) electrons. The van der Waals surface area contributed by atoms with Gasteiger partial charge in [0.15, 0.2) is 0 Å². The van der Waals surface area contributed by atoms with Crippen molar-refractivity contribution in [1.29, 1.82) is 5.26 Å². The Morgan fingerprint density at radius 2 is 2.38 bits per heavy atom. The molecule has 0 aromatic carbocycles. The Balaban J connectivity index is 1.99. The van der Waals surface area contributed by atoms with Gasteiger partial charge in [-0.3, -0.25) is 5.32 Å². The van der Waals surface area contributed by atoms with E-state index < -0.39 is 0 Å². The lowest BCUT2D eigenvalue weighted by Crippen LogP contribution is -2.17. The molecule has 0 aliphatic carbocycles. The molecule has 2 aromatic rings. The summed E-state index contributed by atoms with van der Waals surface area (Å²) in [6, 6.07) is 8.12. The molecule has 0 saturated carbocycles. The number of hydrogen-bond donors (Lipinski definition) is 1. The summed E-state index contributed by atoms with van der Waals surface area (Å²) in [5.74, 6) is 0. The number of hydrogen-bond acceptors (Lipinski definition) is 4. The van der Waals surface area contributed by atoms with Crippen molar-refractivity contribution >= 4 is 38.6 Å². The van der Waals surface area contributed by atoms with Crippen LogP contribution >= 0.6 is 38.6 Å². The van der Waals surface area contributed by atoms with E-state index in [2.05, 4.69) is 33.4 Å². The number of nitrogens with one attached hydrogen (secondary N) is 1. The van der Waals surface area contributed by atoms with Crippen molar-refractivity contribution in [2.24, 2.45) is 0 Å². The quantitative estimate of drug-likeness (QED) is 0.928. The molecule has 1 unspecified atom stereocenters. The lowest BCUT2D eigenvalue weighted by atomic mass is 10.2. The van der Waals surface area contributed by atoms with Crippen LogP contribution in [0.15, 0.2) is 33.4 Å². The van der Waals surface area contributed by atoms with Gasteiger partial charge in [0.25, 0.3) is 0 Å². The summed E-state index contributed by atoms with van der Waals surface area (Å²) in [5, 5.41) is 16.4. The first-order valence-electron chi connectivity index (χ1n) is 4.69. The molecule has 2 heterocycles. The summed E-state index contributed by atoms with van der Waals surface area (Å²) >= 11 is 6.68. The normalized spacial score (nSPS) is 12.2. The standard InChI is InChI=1S/C11H9BrN2S2/c12-8-4-11(16-7-8)10(5-13)14-6-9-2-1-3-15-9/h1-4,7,10,14H,6H2. The minimum Gasteiger partial charge on any atom is -0.293 e. The molecule has 0 saturated heterocycles. The molecular weight excluding hydrogens is 304 g/mol. The van der Waals surface area contributed by atoms with Crippen molar-refractivity contribution in [3.8, 4) is 6.07 Å². The maximum atomic E-state index is 9.10. The fourth-order valence-electron chi connectivity index (χ4n) is 1.31. The van der Waals surface area contributed by atoms with Gasteiger partial charge in [-0.15, -0.1) is 22.7 Å². The van der Waals surface area contributed by atoms with E-state index in [1.165, 1.54) is 4.88 Å². The Labute approximate surface area is 111 Å². The molecule has 2 aromatic heterocycles.